The zero-order valence-electron chi connectivity index (χ0n) is 17.8. The molecule has 0 saturated carbocycles. The first-order chi connectivity index (χ1) is 15.3. The SMILES string of the molecule is CCNC(=NCc1ccnc(OCC(F)(F)F)c1)NCc1ccc(N2CCCC2=O)cc1. The molecule has 1 aliphatic rings. The summed E-state index contributed by atoms with van der Waals surface area (Å²) in [5, 5.41) is 6.36. The fraction of sp³-hybridized carbons (Fsp3) is 0.409. The number of pyridine rings is 1. The van der Waals surface area contributed by atoms with Gasteiger partial charge in [-0.1, -0.05) is 12.1 Å². The molecule has 0 radical (unpaired) electrons. The molecule has 32 heavy (non-hydrogen) atoms. The van der Waals surface area contributed by atoms with Crippen LogP contribution in [0.4, 0.5) is 18.9 Å². The van der Waals surface area contributed by atoms with Crippen LogP contribution in [-0.2, 0) is 17.9 Å². The molecule has 2 N–H and O–H groups in total. The number of halogens is 3. The van der Waals surface area contributed by atoms with E-state index in [2.05, 4.69) is 25.3 Å². The molecule has 2 heterocycles. The van der Waals surface area contributed by atoms with Crippen molar-refractivity contribution in [2.75, 3.05) is 24.6 Å². The fourth-order valence-corrected chi connectivity index (χ4v) is 3.20. The van der Waals surface area contributed by atoms with Crippen LogP contribution < -0.4 is 20.3 Å². The van der Waals surface area contributed by atoms with E-state index in [1.54, 1.807) is 11.0 Å². The molecule has 1 saturated heterocycles. The minimum Gasteiger partial charge on any atom is -0.468 e. The molecule has 3 rings (SSSR count). The van der Waals surface area contributed by atoms with Gasteiger partial charge < -0.3 is 20.3 Å². The van der Waals surface area contributed by atoms with Crippen LogP contribution in [0.1, 0.15) is 30.9 Å². The third kappa shape index (κ3) is 7.14. The summed E-state index contributed by atoms with van der Waals surface area (Å²) >= 11 is 0. The summed E-state index contributed by atoms with van der Waals surface area (Å²) in [6.07, 6.45) is -1.54. The highest BCUT2D eigenvalue weighted by molar-refractivity contribution is 5.95. The smallest absolute Gasteiger partial charge is 0.422 e. The highest BCUT2D eigenvalue weighted by Crippen LogP contribution is 2.21. The first-order valence-electron chi connectivity index (χ1n) is 10.4. The largest absolute Gasteiger partial charge is 0.468 e. The predicted octanol–water partition coefficient (Wildman–Crippen LogP) is 3.40. The second kappa shape index (κ2) is 10.8. The third-order valence-corrected chi connectivity index (χ3v) is 4.73. The summed E-state index contributed by atoms with van der Waals surface area (Å²) in [6, 6.07) is 10.9. The van der Waals surface area contributed by atoms with Crippen LogP contribution >= 0.6 is 0 Å². The Labute approximate surface area is 184 Å². The Bertz CT molecular complexity index is 932. The van der Waals surface area contributed by atoms with E-state index in [4.69, 9.17) is 0 Å². The van der Waals surface area contributed by atoms with Gasteiger partial charge in [-0.3, -0.25) is 4.79 Å². The molecule has 1 aromatic heterocycles. The van der Waals surface area contributed by atoms with E-state index in [0.29, 0.717) is 31.0 Å². The Morgan fingerprint density at radius 3 is 2.62 bits per heavy atom. The maximum Gasteiger partial charge on any atom is 0.422 e. The van der Waals surface area contributed by atoms with Gasteiger partial charge in [0.15, 0.2) is 12.6 Å². The zero-order valence-corrected chi connectivity index (χ0v) is 17.8. The summed E-state index contributed by atoms with van der Waals surface area (Å²) < 4.78 is 41.6. The molecular weight excluding hydrogens is 423 g/mol. The highest BCUT2D eigenvalue weighted by atomic mass is 19.4. The molecule has 172 valence electrons. The highest BCUT2D eigenvalue weighted by Gasteiger charge is 2.28. The second-order valence-corrected chi connectivity index (χ2v) is 7.27. The third-order valence-electron chi connectivity index (χ3n) is 4.73. The first-order valence-corrected chi connectivity index (χ1v) is 10.4. The number of guanidine groups is 1. The van der Waals surface area contributed by atoms with E-state index >= 15 is 0 Å². The molecule has 2 aromatic rings. The monoisotopic (exact) mass is 449 g/mol. The standard InChI is InChI=1S/C22H26F3N5O2/c1-2-26-21(29-14-17-9-10-27-19(12-17)32-15-22(23,24)25)28-13-16-5-7-18(8-6-16)30-11-3-4-20(30)31/h5-10,12H,2-4,11,13-15H2,1H3,(H2,26,28,29). The fourth-order valence-electron chi connectivity index (χ4n) is 3.20. The van der Waals surface area contributed by atoms with Gasteiger partial charge in [0.05, 0.1) is 6.54 Å². The van der Waals surface area contributed by atoms with E-state index in [1.165, 1.54) is 12.3 Å². The number of aromatic nitrogens is 1. The molecule has 10 heteroatoms. The Morgan fingerprint density at radius 2 is 1.97 bits per heavy atom. The zero-order chi connectivity index (χ0) is 23.0. The number of benzene rings is 1. The average molecular weight is 449 g/mol. The lowest BCUT2D eigenvalue weighted by molar-refractivity contribution is -0.154. The lowest BCUT2D eigenvalue weighted by Gasteiger charge is -2.16. The van der Waals surface area contributed by atoms with Gasteiger partial charge in [-0.15, -0.1) is 0 Å². The van der Waals surface area contributed by atoms with Crippen molar-refractivity contribution < 1.29 is 22.7 Å². The van der Waals surface area contributed by atoms with Crippen molar-refractivity contribution in [2.24, 2.45) is 4.99 Å². The van der Waals surface area contributed by atoms with Crippen LogP contribution in [0.2, 0.25) is 0 Å². The normalized spacial score (nSPS) is 14.6. The first kappa shape index (κ1) is 23.4. The minimum atomic E-state index is -4.42. The second-order valence-electron chi connectivity index (χ2n) is 7.27. The van der Waals surface area contributed by atoms with E-state index in [1.807, 2.05) is 31.2 Å². The molecule has 1 aliphatic heterocycles. The van der Waals surface area contributed by atoms with Crippen LogP contribution in [0.3, 0.4) is 0 Å². The van der Waals surface area contributed by atoms with Gasteiger partial charge in [-0.2, -0.15) is 13.2 Å². The Hall–Kier alpha value is -3.30. The van der Waals surface area contributed by atoms with Crippen LogP contribution in [0, 0.1) is 0 Å². The van der Waals surface area contributed by atoms with Gasteiger partial charge in [0.1, 0.15) is 0 Å². The Morgan fingerprint density at radius 1 is 1.19 bits per heavy atom. The van der Waals surface area contributed by atoms with Crippen molar-refractivity contribution >= 4 is 17.6 Å². The van der Waals surface area contributed by atoms with Gasteiger partial charge in [-0.25, -0.2) is 9.98 Å². The van der Waals surface area contributed by atoms with E-state index in [9.17, 15) is 18.0 Å². The van der Waals surface area contributed by atoms with Crippen molar-refractivity contribution in [1.82, 2.24) is 15.6 Å². The number of carbonyl (C=O) groups excluding carboxylic acids is 1. The summed E-state index contributed by atoms with van der Waals surface area (Å²) in [4.78, 5) is 21.9. The van der Waals surface area contributed by atoms with Gasteiger partial charge in [-0.05, 0) is 42.7 Å². The van der Waals surface area contributed by atoms with Gasteiger partial charge in [0.2, 0.25) is 11.8 Å². The minimum absolute atomic E-state index is 0.0930. The van der Waals surface area contributed by atoms with Crippen molar-refractivity contribution in [3.8, 4) is 5.88 Å². The number of hydrogen-bond donors (Lipinski definition) is 2. The molecule has 7 nitrogen and oxygen atoms in total. The molecule has 1 amide bonds. The Kier molecular flexibility index (Phi) is 7.91. The van der Waals surface area contributed by atoms with Gasteiger partial charge in [0, 0.05) is 44.0 Å². The lowest BCUT2D eigenvalue weighted by Crippen LogP contribution is -2.36. The average Bonchev–Trinajstić information content (AvgIpc) is 3.20. The molecular formula is C22H26F3N5O2. The number of alkyl halides is 3. The number of aliphatic imine (C=N–C) groups is 1. The topological polar surface area (TPSA) is 78.9 Å². The molecule has 1 fully saturated rings. The number of rotatable bonds is 8. The van der Waals surface area contributed by atoms with Crippen molar-refractivity contribution in [3.63, 3.8) is 0 Å². The van der Waals surface area contributed by atoms with Crippen LogP contribution in [0.15, 0.2) is 47.6 Å². The number of amides is 1. The van der Waals surface area contributed by atoms with Crippen LogP contribution in [0.25, 0.3) is 0 Å². The van der Waals surface area contributed by atoms with Crippen molar-refractivity contribution in [1.29, 1.82) is 0 Å². The maximum atomic E-state index is 12.3. The predicted molar refractivity (Wildman–Crippen MR) is 115 cm³/mol. The molecule has 0 bridgehead atoms. The summed E-state index contributed by atoms with van der Waals surface area (Å²) in [7, 11) is 0. The number of nitrogens with zero attached hydrogens (tertiary/aromatic N) is 3. The molecule has 0 atom stereocenters. The maximum absolute atomic E-state index is 12.3. The van der Waals surface area contributed by atoms with Crippen LogP contribution in [-0.4, -0.2) is 42.7 Å². The molecule has 0 spiro atoms. The number of hydrogen-bond acceptors (Lipinski definition) is 4. The number of carbonyl (C=O) groups is 1. The number of nitrogens with one attached hydrogen (secondary N) is 2. The molecule has 0 aliphatic carbocycles. The summed E-state index contributed by atoms with van der Waals surface area (Å²) in [5.41, 5.74) is 2.60. The summed E-state index contributed by atoms with van der Waals surface area (Å²) in [6.45, 7) is 2.73. The quantitative estimate of drug-likeness (QED) is 0.477. The van der Waals surface area contributed by atoms with Gasteiger partial charge in [0.25, 0.3) is 0 Å². The molecule has 1 aromatic carbocycles. The van der Waals surface area contributed by atoms with E-state index in [-0.39, 0.29) is 18.3 Å². The van der Waals surface area contributed by atoms with Crippen LogP contribution in [0.5, 0.6) is 5.88 Å². The van der Waals surface area contributed by atoms with Crippen molar-refractivity contribution in [3.05, 3.63) is 53.7 Å². The van der Waals surface area contributed by atoms with Crippen molar-refractivity contribution in [2.45, 2.75) is 39.0 Å². The number of ether oxygens (including phenoxy) is 1. The Balaban J connectivity index is 1.56. The van der Waals surface area contributed by atoms with E-state index in [0.717, 1.165) is 24.2 Å². The number of anilines is 1. The van der Waals surface area contributed by atoms with Gasteiger partial charge >= 0.3 is 6.18 Å². The molecule has 0 unspecified atom stereocenters. The van der Waals surface area contributed by atoms with E-state index < -0.39 is 12.8 Å². The lowest BCUT2D eigenvalue weighted by atomic mass is 10.2. The summed E-state index contributed by atoms with van der Waals surface area (Å²) in [5.74, 6) is 0.631.